The molecule has 0 aliphatic rings. The molecule has 0 aliphatic heterocycles. The summed E-state index contributed by atoms with van der Waals surface area (Å²) in [6, 6.07) is 6.98. The summed E-state index contributed by atoms with van der Waals surface area (Å²) in [5.74, 6) is 0.714. The molecule has 6 heteroatoms. The fourth-order valence-corrected chi connectivity index (χ4v) is 1.61. The SMILES string of the molecule is CC(=O)c1ccc(OCCCC(=O)N[C@@H](C)CN)cc1.Cl. The lowest BCUT2D eigenvalue weighted by atomic mass is 10.1. The van der Waals surface area contributed by atoms with Crippen LogP contribution in [-0.2, 0) is 4.79 Å². The third-order valence-corrected chi connectivity index (χ3v) is 2.84. The van der Waals surface area contributed by atoms with Crippen LogP contribution in [0.1, 0.15) is 37.0 Å². The van der Waals surface area contributed by atoms with E-state index >= 15 is 0 Å². The van der Waals surface area contributed by atoms with Gasteiger partial charge in [-0.25, -0.2) is 0 Å². The number of nitrogens with two attached hydrogens (primary N) is 1. The minimum atomic E-state index is -0.0153. The van der Waals surface area contributed by atoms with Gasteiger partial charge in [0.1, 0.15) is 5.75 Å². The molecule has 1 atom stereocenters. The quantitative estimate of drug-likeness (QED) is 0.567. The van der Waals surface area contributed by atoms with Gasteiger partial charge in [-0.15, -0.1) is 12.4 Å². The fraction of sp³-hybridized carbons (Fsp3) is 0.467. The Morgan fingerprint density at radius 3 is 2.43 bits per heavy atom. The average Bonchev–Trinajstić information content (AvgIpc) is 2.44. The minimum Gasteiger partial charge on any atom is -0.494 e. The van der Waals surface area contributed by atoms with Gasteiger partial charge in [-0.1, -0.05) is 0 Å². The predicted molar refractivity (Wildman–Crippen MR) is 85.1 cm³/mol. The summed E-state index contributed by atoms with van der Waals surface area (Å²) < 4.78 is 5.51. The Balaban J connectivity index is 0.00000400. The number of ether oxygens (including phenoxy) is 1. The molecule has 0 radical (unpaired) electrons. The molecular weight excluding hydrogens is 292 g/mol. The van der Waals surface area contributed by atoms with Gasteiger partial charge in [0.05, 0.1) is 6.61 Å². The molecule has 0 spiro atoms. The maximum Gasteiger partial charge on any atom is 0.220 e. The molecule has 118 valence electrons. The Hall–Kier alpha value is -1.59. The largest absolute Gasteiger partial charge is 0.494 e. The Kier molecular flexibility index (Phi) is 9.41. The smallest absolute Gasteiger partial charge is 0.220 e. The van der Waals surface area contributed by atoms with E-state index < -0.39 is 0 Å². The van der Waals surface area contributed by atoms with Gasteiger partial charge in [0.2, 0.25) is 5.91 Å². The van der Waals surface area contributed by atoms with Crippen molar-refractivity contribution >= 4 is 24.1 Å². The second-order valence-corrected chi connectivity index (χ2v) is 4.74. The normalized spacial score (nSPS) is 11.2. The number of carbonyl (C=O) groups excluding carboxylic acids is 2. The molecule has 1 amide bonds. The van der Waals surface area contributed by atoms with Gasteiger partial charge in [-0.05, 0) is 44.5 Å². The summed E-state index contributed by atoms with van der Waals surface area (Å²) >= 11 is 0. The van der Waals surface area contributed by atoms with Crippen LogP contribution in [0.5, 0.6) is 5.75 Å². The van der Waals surface area contributed by atoms with Gasteiger partial charge in [-0.3, -0.25) is 9.59 Å². The van der Waals surface area contributed by atoms with Gasteiger partial charge in [0.25, 0.3) is 0 Å². The molecule has 1 aromatic rings. The molecular formula is C15H23ClN2O3. The first kappa shape index (κ1) is 19.4. The highest BCUT2D eigenvalue weighted by Crippen LogP contribution is 2.13. The molecule has 1 rings (SSSR count). The zero-order valence-corrected chi connectivity index (χ0v) is 13.2. The highest BCUT2D eigenvalue weighted by molar-refractivity contribution is 5.94. The summed E-state index contributed by atoms with van der Waals surface area (Å²) in [5, 5.41) is 2.79. The standard InChI is InChI=1S/C15H22N2O3.ClH/c1-11(10-16)17-15(19)4-3-9-20-14-7-5-13(6-8-14)12(2)18;/h5-8,11H,3-4,9-10,16H2,1-2H3,(H,17,19);1H/t11-;/m0./s1. The van der Waals surface area contributed by atoms with E-state index in [1.165, 1.54) is 6.92 Å². The number of Topliss-reactive ketones (excluding diaryl/α,β-unsaturated/α-hetero) is 1. The van der Waals surface area contributed by atoms with E-state index in [4.69, 9.17) is 10.5 Å². The third-order valence-electron chi connectivity index (χ3n) is 2.84. The molecule has 0 heterocycles. The minimum absolute atomic E-state index is 0. The van der Waals surface area contributed by atoms with E-state index in [1.807, 2.05) is 6.92 Å². The van der Waals surface area contributed by atoms with Crippen molar-refractivity contribution in [3.05, 3.63) is 29.8 Å². The fourth-order valence-electron chi connectivity index (χ4n) is 1.61. The molecule has 21 heavy (non-hydrogen) atoms. The lowest BCUT2D eigenvalue weighted by molar-refractivity contribution is -0.121. The van der Waals surface area contributed by atoms with E-state index in [-0.39, 0.29) is 30.1 Å². The monoisotopic (exact) mass is 314 g/mol. The molecule has 0 bridgehead atoms. The van der Waals surface area contributed by atoms with E-state index in [0.717, 1.165) is 0 Å². The van der Waals surface area contributed by atoms with Crippen molar-refractivity contribution in [3.8, 4) is 5.75 Å². The van der Waals surface area contributed by atoms with Crippen LogP contribution < -0.4 is 15.8 Å². The average molecular weight is 315 g/mol. The number of amides is 1. The van der Waals surface area contributed by atoms with Crippen molar-refractivity contribution in [1.82, 2.24) is 5.32 Å². The van der Waals surface area contributed by atoms with Crippen LogP contribution in [0.25, 0.3) is 0 Å². The number of nitrogens with one attached hydrogen (secondary N) is 1. The van der Waals surface area contributed by atoms with Gasteiger partial charge in [-0.2, -0.15) is 0 Å². The van der Waals surface area contributed by atoms with Gasteiger partial charge in [0, 0.05) is 24.6 Å². The first-order chi connectivity index (χ1) is 9.52. The van der Waals surface area contributed by atoms with E-state index in [0.29, 0.717) is 37.3 Å². The summed E-state index contributed by atoms with van der Waals surface area (Å²) in [4.78, 5) is 22.6. The number of hydrogen-bond donors (Lipinski definition) is 2. The number of carbonyl (C=O) groups is 2. The van der Waals surface area contributed by atoms with Crippen LogP contribution in [0, 0.1) is 0 Å². The first-order valence-corrected chi connectivity index (χ1v) is 6.76. The lowest BCUT2D eigenvalue weighted by Gasteiger charge is -2.11. The van der Waals surface area contributed by atoms with E-state index in [9.17, 15) is 9.59 Å². The van der Waals surface area contributed by atoms with Gasteiger partial charge in [0.15, 0.2) is 5.78 Å². The molecule has 0 saturated heterocycles. The van der Waals surface area contributed by atoms with Crippen LogP contribution in [0.15, 0.2) is 24.3 Å². The van der Waals surface area contributed by atoms with Crippen LogP contribution in [0.4, 0.5) is 0 Å². The number of ketones is 1. The molecule has 5 nitrogen and oxygen atoms in total. The van der Waals surface area contributed by atoms with E-state index in [2.05, 4.69) is 5.32 Å². The maximum atomic E-state index is 11.5. The van der Waals surface area contributed by atoms with Crippen molar-refractivity contribution in [3.63, 3.8) is 0 Å². The Labute approximate surface area is 131 Å². The van der Waals surface area contributed by atoms with Crippen molar-refractivity contribution in [1.29, 1.82) is 0 Å². The molecule has 0 unspecified atom stereocenters. The second kappa shape index (κ2) is 10.2. The van der Waals surface area contributed by atoms with Crippen LogP contribution in [0.3, 0.4) is 0 Å². The molecule has 0 saturated carbocycles. The molecule has 1 aromatic carbocycles. The molecule has 0 aliphatic carbocycles. The topological polar surface area (TPSA) is 81.4 Å². The second-order valence-electron chi connectivity index (χ2n) is 4.74. The number of halogens is 1. The van der Waals surface area contributed by atoms with Crippen molar-refractivity contribution in [2.24, 2.45) is 5.73 Å². The van der Waals surface area contributed by atoms with Crippen LogP contribution >= 0.6 is 12.4 Å². The van der Waals surface area contributed by atoms with E-state index in [1.54, 1.807) is 24.3 Å². The Morgan fingerprint density at radius 1 is 1.29 bits per heavy atom. The lowest BCUT2D eigenvalue weighted by Crippen LogP contribution is -2.37. The van der Waals surface area contributed by atoms with Gasteiger partial charge < -0.3 is 15.8 Å². The predicted octanol–water partition coefficient (Wildman–Crippen LogP) is 1.93. The molecule has 0 fully saturated rings. The summed E-state index contributed by atoms with van der Waals surface area (Å²) in [7, 11) is 0. The molecule has 0 aromatic heterocycles. The maximum absolute atomic E-state index is 11.5. The highest BCUT2D eigenvalue weighted by Gasteiger charge is 2.05. The first-order valence-electron chi connectivity index (χ1n) is 6.76. The van der Waals surface area contributed by atoms with Gasteiger partial charge >= 0.3 is 0 Å². The van der Waals surface area contributed by atoms with Crippen molar-refractivity contribution in [2.45, 2.75) is 32.7 Å². The Morgan fingerprint density at radius 2 is 1.90 bits per heavy atom. The summed E-state index contributed by atoms with van der Waals surface area (Å²) in [6.45, 7) is 4.29. The van der Waals surface area contributed by atoms with Crippen molar-refractivity contribution in [2.75, 3.05) is 13.2 Å². The van der Waals surface area contributed by atoms with Crippen molar-refractivity contribution < 1.29 is 14.3 Å². The Bertz CT molecular complexity index is 449. The van der Waals surface area contributed by atoms with Crippen LogP contribution in [0.2, 0.25) is 0 Å². The third kappa shape index (κ3) is 7.68. The summed E-state index contributed by atoms with van der Waals surface area (Å²) in [5.41, 5.74) is 6.08. The highest BCUT2D eigenvalue weighted by atomic mass is 35.5. The molecule has 3 N–H and O–H groups in total. The number of rotatable bonds is 8. The zero-order valence-electron chi connectivity index (χ0n) is 12.4. The number of hydrogen-bond acceptors (Lipinski definition) is 4. The summed E-state index contributed by atoms with van der Waals surface area (Å²) in [6.07, 6.45) is 1.05. The zero-order chi connectivity index (χ0) is 15.0. The van der Waals surface area contributed by atoms with Crippen LogP contribution in [-0.4, -0.2) is 30.9 Å². The number of benzene rings is 1.